The van der Waals surface area contributed by atoms with E-state index in [1.807, 2.05) is 26.0 Å². The molecule has 12 heteroatoms. The summed E-state index contributed by atoms with van der Waals surface area (Å²) in [6, 6.07) is 15.5. The molecule has 1 amide bonds. The molecule has 1 saturated carbocycles. The highest BCUT2D eigenvalue weighted by Crippen LogP contribution is 2.52. The van der Waals surface area contributed by atoms with Gasteiger partial charge in [-0.1, -0.05) is 50.3 Å². The molecular formula is C35H37N3O5S4. The van der Waals surface area contributed by atoms with E-state index >= 15 is 0 Å². The Bertz CT molecular complexity index is 1920. The average Bonchev–Trinajstić information content (AvgIpc) is 3.80. The first-order valence-corrected chi connectivity index (χ1v) is 19.1. The summed E-state index contributed by atoms with van der Waals surface area (Å²) in [6.07, 6.45) is 8.97. The fourth-order valence-electron chi connectivity index (χ4n) is 7.12. The molecular weight excluding hydrogens is 671 g/mol. The lowest BCUT2D eigenvalue weighted by molar-refractivity contribution is -0.142. The highest BCUT2D eigenvalue weighted by atomic mass is 32.2. The van der Waals surface area contributed by atoms with E-state index in [0.717, 1.165) is 30.2 Å². The summed E-state index contributed by atoms with van der Waals surface area (Å²) >= 11 is 9.62. The van der Waals surface area contributed by atoms with Crippen LogP contribution in [0.5, 0.6) is 0 Å². The number of carbonyl (C=O) groups is 3. The van der Waals surface area contributed by atoms with E-state index in [1.54, 1.807) is 11.8 Å². The lowest BCUT2D eigenvalue weighted by Gasteiger charge is -2.27. The van der Waals surface area contributed by atoms with Gasteiger partial charge in [-0.2, -0.15) is 0 Å². The van der Waals surface area contributed by atoms with E-state index in [2.05, 4.69) is 47.6 Å². The van der Waals surface area contributed by atoms with Gasteiger partial charge in [0.15, 0.2) is 0 Å². The van der Waals surface area contributed by atoms with Crippen LogP contribution in [0.2, 0.25) is 0 Å². The number of aromatic nitrogens is 1. The number of carboxylic acid groups (broad SMARTS) is 1. The van der Waals surface area contributed by atoms with Crippen LogP contribution in [0.3, 0.4) is 0 Å². The Morgan fingerprint density at radius 2 is 1.94 bits per heavy atom. The van der Waals surface area contributed by atoms with Gasteiger partial charge in [0.05, 0.1) is 17.0 Å². The fraction of sp³-hybridized carbons (Fsp3) is 0.400. The zero-order chi connectivity index (χ0) is 33.4. The summed E-state index contributed by atoms with van der Waals surface area (Å²) in [5.41, 5.74) is 4.28. The molecule has 2 aromatic carbocycles. The molecule has 1 saturated heterocycles. The number of thioether (sulfide) groups is 2. The summed E-state index contributed by atoms with van der Waals surface area (Å²) in [5, 5.41) is 9.47. The van der Waals surface area contributed by atoms with Crippen LogP contribution in [0.25, 0.3) is 11.0 Å². The molecule has 3 aliphatic rings. The summed E-state index contributed by atoms with van der Waals surface area (Å²) in [4.78, 5) is 56.0. The van der Waals surface area contributed by atoms with Crippen LogP contribution in [-0.4, -0.2) is 55.9 Å². The van der Waals surface area contributed by atoms with Crippen molar-refractivity contribution in [2.24, 2.45) is 11.8 Å². The van der Waals surface area contributed by atoms with Crippen molar-refractivity contribution in [1.82, 2.24) is 9.47 Å². The topological polar surface area (TPSA) is 99.9 Å². The molecule has 1 aromatic heterocycles. The van der Waals surface area contributed by atoms with E-state index < -0.39 is 11.9 Å². The van der Waals surface area contributed by atoms with Crippen molar-refractivity contribution in [2.45, 2.75) is 69.4 Å². The Labute approximate surface area is 291 Å². The van der Waals surface area contributed by atoms with Crippen LogP contribution in [0, 0.1) is 11.8 Å². The Hall–Kier alpha value is -3.19. The average molecular weight is 708 g/mol. The predicted molar refractivity (Wildman–Crippen MR) is 195 cm³/mol. The Balaban J connectivity index is 1.34. The number of fused-ring (bicyclic) bond motifs is 3. The van der Waals surface area contributed by atoms with Crippen LogP contribution in [0.1, 0.15) is 63.0 Å². The maximum Gasteiger partial charge on any atom is 0.306 e. The van der Waals surface area contributed by atoms with Crippen molar-refractivity contribution in [3.05, 3.63) is 73.1 Å². The van der Waals surface area contributed by atoms with Crippen molar-refractivity contribution in [3.63, 3.8) is 0 Å². The first-order valence-electron chi connectivity index (χ1n) is 15.9. The molecule has 1 aliphatic carbocycles. The van der Waals surface area contributed by atoms with Crippen LogP contribution < -0.4 is 19.7 Å². The van der Waals surface area contributed by atoms with Gasteiger partial charge in [-0.25, -0.2) is 0 Å². The third-order valence-electron chi connectivity index (χ3n) is 9.40. The van der Waals surface area contributed by atoms with Crippen LogP contribution in [-0.2, 0) is 20.9 Å². The second-order valence-electron chi connectivity index (χ2n) is 12.4. The van der Waals surface area contributed by atoms with Crippen molar-refractivity contribution in [3.8, 4) is 0 Å². The molecule has 47 heavy (non-hydrogen) atoms. The van der Waals surface area contributed by atoms with Gasteiger partial charge in [-0.05, 0) is 91.5 Å². The Morgan fingerprint density at radius 1 is 1.17 bits per heavy atom. The van der Waals surface area contributed by atoms with Gasteiger partial charge in [-0.3, -0.25) is 23.9 Å². The number of thiazole rings is 1. The van der Waals surface area contributed by atoms with E-state index in [0.29, 0.717) is 49.5 Å². The van der Waals surface area contributed by atoms with Crippen molar-refractivity contribution in [1.29, 1.82) is 0 Å². The predicted octanol–water partition coefficient (Wildman–Crippen LogP) is 5.55. The van der Waals surface area contributed by atoms with E-state index in [1.165, 1.54) is 49.1 Å². The zero-order valence-electron chi connectivity index (χ0n) is 26.5. The van der Waals surface area contributed by atoms with Gasteiger partial charge in [0.2, 0.25) is 0 Å². The minimum absolute atomic E-state index is 0.0906. The van der Waals surface area contributed by atoms with Crippen molar-refractivity contribution < 1.29 is 19.5 Å². The van der Waals surface area contributed by atoms with Crippen LogP contribution in [0.4, 0.5) is 11.4 Å². The Kier molecular flexibility index (Phi) is 10.1. The molecule has 2 aliphatic heterocycles. The van der Waals surface area contributed by atoms with E-state index in [9.17, 15) is 24.3 Å². The molecule has 8 nitrogen and oxygen atoms in total. The second-order valence-corrected chi connectivity index (χ2v) is 15.9. The normalized spacial score (nSPS) is 21.7. The summed E-state index contributed by atoms with van der Waals surface area (Å²) in [7, 11) is 0. The van der Waals surface area contributed by atoms with Gasteiger partial charge in [-0.15, -0.1) is 23.1 Å². The number of benzene rings is 2. The van der Waals surface area contributed by atoms with Gasteiger partial charge in [0, 0.05) is 34.8 Å². The number of carboxylic acids is 1. The molecule has 0 radical (unpaired) electrons. The highest BCUT2D eigenvalue weighted by Gasteiger charge is 2.42. The summed E-state index contributed by atoms with van der Waals surface area (Å²) in [6.45, 7) is 3.87. The first kappa shape index (κ1) is 33.7. The Morgan fingerprint density at radius 3 is 2.62 bits per heavy atom. The quantitative estimate of drug-likeness (QED) is 0.156. The van der Waals surface area contributed by atoms with E-state index in [-0.39, 0.29) is 30.5 Å². The lowest BCUT2D eigenvalue weighted by Crippen LogP contribution is -2.36. The summed E-state index contributed by atoms with van der Waals surface area (Å²) in [5.74, 6) is -1.33. The molecule has 1 N–H and O–H groups in total. The molecule has 4 atom stereocenters. The lowest BCUT2D eigenvalue weighted by atomic mass is 9.93. The number of nitrogens with zero attached hydrogens (tertiary/aromatic N) is 3. The van der Waals surface area contributed by atoms with Gasteiger partial charge in [0.1, 0.15) is 20.2 Å². The molecule has 0 spiro atoms. The molecule has 3 heterocycles. The third kappa shape index (κ3) is 6.49. The maximum atomic E-state index is 13.6. The number of aldehydes is 1. The van der Waals surface area contributed by atoms with Crippen molar-refractivity contribution >= 4 is 91.9 Å². The first-order chi connectivity index (χ1) is 22.6. The number of aliphatic carboxylic acids is 1. The SMILES string of the molecule is CCC(CC(C)CN1C(=O)/C(=c2\s/c(=C\c3ccc4c(c3)C3CCCC3N4c3ccc(SC)cc3)c(=O)n2CC=O)SC1=S)C(=O)O. The van der Waals surface area contributed by atoms with Gasteiger partial charge >= 0.3 is 5.97 Å². The fourth-order valence-corrected chi connectivity index (χ4v) is 10.1. The molecule has 246 valence electrons. The number of hydrogen-bond donors (Lipinski definition) is 1. The molecule has 4 unspecified atom stereocenters. The minimum atomic E-state index is -0.846. The second kappa shape index (κ2) is 14.1. The number of carbonyl (C=O) groups excluding carboxylic acids is 2. The summed E-state index contributed by atoms with van der Waals surface area (Å²) < 4.78 is 2.58. The number of anilines is 2. The van der Waals surface area contributed by atoms with Gasteiger partial charge in [0.25, 0.3) is 11.5 Å². The largest absolute Gasteiger partial charge is 0.481 e. The standard InChI is InChI=1S/C35H37N3O5S4/c1-4-22(34(42)43)16-20(2)19-37-32(41)30(47-35(37)44)33-36(14-15-39)31(40)29(46-33)18-21-8-13-28-26(17-21)25-6-5-7-27(25)38(28)23-9-11-24(45-3)12-10-23/h8-13,15,17-18,20,22,25,27H,4-7,14,16,19H2,1-3H3,(H,42,43)/b29-18-,33-30+. The highest BCUT2D eigenvalue weighted by molar-refractivity contribution is 8.30. The molecule has 0 bridgehead atoms. The van der Waals surface area contributed by atoms with E-state index in [4.69, 9.17) is 12.2 Å². The molecule has 2 fully saturated rings. The number of rotatable bonds is 11. The zero-order valence-corrected chi connectivity index (χ0v) is 29.8. The van der Waals surface area contributed by atoms with Crippen molar-refractivity contribution in [2.75, 3.05) is 17.7 Å². The minimum Gasteiger partial charge on any atom is -0.481 e. The van der Waals surface area contributed by atoms with Gasteiger partial charge < -0.3 is 14.8 Å². The molecule has 6 rings (SSSR count). The monoisotopic (exact) mass is 707 g/mol. The number of hydrogen-bond acceptors (Lipinski definition) is 9. The molecule has 3 aromatic rings. The smallest absolute Gasteiger partial charge is 0.306 e. The third-order valence-corrected chi connectivity index (χ3v) is 12.8. The van der Waals surface area contributed by atoms with Crippen LogP contribution >= 0.6 is 47.1 Å². The van der Waals surface area contributed by atoms with Crippen LogP contribution in [0.15, 0.2) is 52.2 Å². The maximum absolute atomic E-state index is 13.6. The number of thiocarbonyl (C=S) groups is 1. The number of amides is 1.